The van der Waals surface area contributed by atoms with Gasteiger partial charge < -0.3 is 35.2 Å². The largest absolute Gasteiger partial charge is 0.493 e. The lowest BCUT2D eigenvalue weighted by Gasteiger charge is -2.28. The summed E-state index contributed by atoms with van der Waals surface area (Å²) in [5.41, 5.74) is -0.176. The number of aliphatic hydroxyl groups excluding tert-OH is 4. The first-order valence-corrected chi connectivity index (χ1v) is 9.73. The predicted octanol–water partition coefficient (Wildman–Crippen LogP) is 1.45. The van der Waals surface area contributed by atoms with Crippen LogP contribution in [0, 0.1) is 11.6 Å². The molecule has 178 valence electrons. The number of methoxy groups -OCH3 is 1. The first-order valence-electron chi connectivity index (χ1n) is 9.73. The van der Waals surface area contributed by atoms with Gasteiger partial charge in [0.05, 0.1) is 25.8 Å². The van der Waals surface area contributed by atoms with Crippen LogP contribution in [-0.4, -0.2) is 75.2 Å². The highest BCUT2D eigenvalue weighted by molar-refractivity contribution is 5.93. The van der Waals surface area contributed by atoms with Gasteiger partial charge >= 0.3 is 0 Å². The van der Waals surface area contributed by atoms with Crippen LogP contribution in [0.4, 0.5) is 24.7 Å². The normalized spacial score (nSPS) is 15.0. The monoisotopic (exact) mass is 469 g/mol. The molecule has 0 aliphatic carbocycles. The van der Waals surface area contributed by atoms with E-state index in [2.05, 4.69) is 15.3 Å². The predicted molar refractivity (Wildman–Crippen MR) is 111 cm³/mol. The van der Waals surface area contributed by atoms with Crippen molar-refractivity contribution in [2.75, 3.05) is 25.6 Å². The number of alkyl halides is 1. The van der Waals surface area contributed by atoms with Crippen molar-refractivity contribution in [3.8, 4) is 11.5 Å². The van der Waals surface area contributed by atoms with E-state index in [-0.39, 0.29) is 22.8 Å². The molecule has 0 saturated carbocycles. The van der Waals surface area contributed by atoms with Crippen molar-refractivity contribution in [2.24, 2.45) is 0 Å². The van der Waals surface area contributed by atoms with E-state index in [1.807, 2.05) is 0 Å². The van der Waals surface area contributed by atoms with Crippen molar-refractivity contribution >= 4 is 22.4 Å². The molecule has 3 aromatic rings. The van der Waals surface area contributed by atoms with Crippen LogP contribution in [0.3, 0.4) is 0 Å². The number of aromatic nitrogens is 2. The molecule has 3 rings (SSSR count). The Balaban J connectivity index is 1.97. The Labute approximate surface area is 186 Å². The number of aliphatic hydroxyl groups is 4. The number of fused-ring (bicyclic) bond motifs is 1. The van der Waals surface area contributed by atoms with Crippen LogP contribution < -0.4 is 14.8 Å². The lowest BCUT2D eigenvalue weighted by atomic mass is 10.0. The standard InChI is InChI=1S/C21H22F3N3O6/c1-32-15-5-10-14(6-16(15)33-17(8-29)20(31)19(30)13(24)7-28)25-9-26-21(10)27-18-11(22)3-2-4-12(18)23/h2-6,9,13,17,19-20,28-31H,7-8H2,1H3,(H,25,26,27)/t13-,17-,19+,20+/m1/s1. The van der Waals surface area contributed by atoms with E-state index in [4.69, 9.17) is 14.6 Å². The molecule has 0 spiro atoms. The van der Waals surface area contributed by atoms with Crippen molar-refractivity contribution in [1.82, 2.24) is 9.97 Å². The molecule has 1 aromatic heterocycles. The summed E-state index contributed by atoms with van der Waals surface area (Å²) in [7, 11) is 1.30. The van der Waals surface area contributed by atoms with Crippen LogP contribution >= 0.6 is 0 Å². The van der Waals surface area contributed by atoms with Gasteiger partial charge in [-0.1, -0.05) is 6.07 Å². The first-order chi connectivity index (χ1) is 15.8. The van der Waals surface area contributed by atoms with Gasteiger partial charge in [-0.25, -0.2) is 23.1 Å². The third-order valence-corrected chi connectivity index (χ3v) is 4.86. The Morgan fingerprint density at radius 2 is 1.70 bits per heavy atom. The van der Waals surface area contributed by atoms with E-state index in [0.29, 0.717) is 5.39 Å². The number of para-hydroxylation sites is 1. The maximum absolute atomic E-state index is 14.1. The van der Waals surface area contributed by atoms with Crippen LogP contribution in [0.2, 0.25) is 0 Å². The summed E-state index contributed by atoms with van der Waals surface area (Å²) in [5.74, 6) is -1.57. The molecule has 0 radical (unpaired) electrons. The van der Waals surface area contributed by atoms with Gasteiger partial charge in [0.25, 0.3) is 0 Å². The number of rotatable bonds is 10. The summed E-state index contributed by atoms with van der Waals surface area (Å²) in [6.07, 6.45) is -6.41. The van der Waals surface area contributed by atoms with Crippen LogP contribution in [0.15, 0.2) is 36.7 Å². The van der Waals surface area contributed by atoms with Crippen molar-refractivity contribution < 1.29 is 43.1 Å². The van der Waals surface area contributed by atoms with Gasteiger partial charge in [0.1, 0.15) is 41.7 Å². The van der Waals surface area contributed by atoms with E-state index in [0.717, 1.165) is 18.5 Å². The van der Waals surface area contributed by atoms with Gasteiger partial charge in [-0.15, -0.1) is 0 Å². The Kier molecular flexibility index (Phi) is 7.87. The fourth-order valence-corrected chi connectivity index (χ4v) is 3.07. The Morgan fingerprint density at radius 1 is 1.00 bits per heavy atom. The number of anilines is 2. The molecule has 33 heavy (non-hydrogen) atoms. The van der Waals surface area contributed by atoms with Crippen LogP contribution in [0.25, 0.3) is 10.9 Å². The topological polar surface area (TPSA) is 137 Å². The molecule has 0 aliphatic rings. The molecule has 9 nitrogen and oxygen atoms in total. The molecule has 5 N–H and O–H groups in total. The Morgan fingerprint density at radius 3 is 2.30 bits per heavy atom. The van der Waals surface area contributed by atoms with E-state index in [9.17, 15) is 28.5 Å². The number of ether oxygens (including phenoxy) is 2. The quantitative estimate of drug-likeness (QED) is 0.299. The molecule has 0 saturated heterocycles. The molecule has 0 aliphatic heterocycles. The summed E-state index contributed by atoms with van der Waals surface area (Å²) >= 11 is 0. The molecule has 12 heteroatoms. The van der Waals surface area contributed by atoms with E-state index < -0.39 is 55.0 Å². The van der Waals surface area contributed by atoms with Crippen LogP contribution in [0.1, 0.15) is 0 Å². The minimum absolute atomic E-state index is 0.0311. The van der Waals surface area contributed by atoms with Crippen LogP contribution in [-0.2, 0) is 0 Å². The molecule has 4 atom stereocenters. The summed E-state index contributed by atoms with van der Waals surface area (Å²) in [5, 5.41) is 41.2. The molecule has 2 aromatic carbocycles. The van der Waals surface area contributed by atoms with E-state index in [1.54, 1.807) is 0 Å². The average Bonchev–Trinajstić information content (AvgIpc) is 2.82. The second-order valence-corrected chi connectivity index (χ2v) is 6.98. The molecule has 0 unspecified atom stereocenters. The molecular weight excluding hydrogens is 447 g/mol. The van der Waals surface area contributed by atoms with Gasteiger partial charge in [-0.2, -0.15) is 0 Å². The summed E-state index contributed by atoms with van der Waals surface area (Å²) < 4.78 is 52.4. The summed E-state index contributed by atoms with van der Waals surface area (Å²) in [4.78, 5) is 8.09. The SMILES string of the molecule is COc1cc2c(Nc3c(F)cccc3F)ncnc2cc1O[C@H](CO)[C@H](O)[C@@H](O)[C@H](F)CO. The maximum Gasteiger partial charge on any atom is 0.164 e. The number of hydrogen-bond acceptors (Lipinski definition) is 9. The van der Waals surface area contributed by atoms with Crippen LogP contribution in [0.5, 0.6) is 11.5 Å². The third-order valence-electron chi connectivity index (χ3n) is 4.86. The first kappa shape index (κ1) is 24.5. The lowest BCUT2D eigenvalue weighted by Crippen LogP contribution is -2.48. The number of nitrogens with zero attached hydrogens (tertiary/aromatic N) is 2. The van der Waals surface area contributed by atoms with Crippen molar-refractivity contribution in [2.45, 2.75) is 24.5 Å². The zero-order valence-electron chi connectivity index (χ0n) is 17.3. The van der Waals surface area contributed by atoms with Crippen molar-refractivity contribution in [3.05, 3.63) is 48.3 Å². The van der Waals surface area contributed by atoms with Crippen molar-refractivity contribution in [3.63, 3.8) is 0 Å². The maximum atomic E-state index is 14.1. The second-order valence-electron chi connectivity index (χ2n) is 6.98. The summed E-state index contributed by atoms with van der Waals surface area (Å²) in [6, 6.07) is 6.12. The van der Waals surface area contributed by atoms with E-state index in [1.165, 1.54) is 25.3 Å². The zero-order chi connectivity index (χ0) is 24.1. The smallest absolute Gasteiger partial charge is 0.164 e. The third kappa shape index (κ3) is 5.25. The number of nitrogens with one attached hydrogen (secondary N) is 1. The van der Waals surface area contributed by atoms with Gasteiger partial charge in [0.15, 0.2) is 23.8 Å². The average molecular weight is 469 g/mol. The van der Waals surface area contributed by atoms with Crippen molar-refractivity contribution in [1.29, 1.82) is 0 Å². The Bertz CT molecular complexity index is 1090. The highest BCUT2D eigenvalue weighted by atomic mass is 19.1. The minimum atomic E-state index is -2.16. The molecule has 0 amide bonds. The lowest BCUT2D eigenvalue weighted by molar-refractivity contribution is -0.0981. The second kappa shape index (κ2) is 10.6. The molecular formula is C21H22F3N3O6. The van der Waals surface area contributed by atoms with Gasteiger partial charge in [0, 0.05) is 11.5 Å². The molecule has 0 bridgehead atoms. The number of hydrogen-bond donors (Lipinski definition) is 5. The fraction of sp³-hybridized carbons (Fsp3) is 0.333. The van der Waals surface area contributed by atoms with Gasteiger partial charge in [0.2, 0.25) is 0 Å². The Hall–Kier alpha value is -3.19. The molecule has 0 fully saturated rings. The minimum Gasteiger partial charge on any atom is -0.493 e. The van der Waals surface area contributed by atoms with Gasteiger partial charge in [-0.3, -0.25) is 0 Å². The highest BCUT2D eigenvalue weighted by Crippen LogP contribution is 2.36. The van der Waals surface area contributed by atoms with E-state index >= 15 is 0 Å². The number of halogens is 3. The molecule has 1 heterocycles. The van der Waals surface area contributed by atoms with Gasteiger partial charge in [-0.05, 0) is 18.2 Å². The summed E-state index contributed by atoms with van der Waals surface area (Å²) in [6.45, 7) is -1.84. The zero-order valence-corrected chi connectivity index (χ0v) is 17.3. The fourth-order valence-electron chi connectivity index (χ4n) is 3.07. The number of benzene rings is 2. The highest BCUT2D eigenvalue weighted by Gasteiger charge is 2.34.